The molecule has 0 N–H and O–H groups in total. The molecule has 376 valence electrons. The lowest BCUT2D eigenvalue weighted by molar-refractivity contribution is 0.554. The zero-order valence-electron chi connectivity index (χ0n) is 44.6. The second kappa shape index (κ2) is 35.0. The molecule has 0 spiro atoms. The number of hydrogen-bond donors (Lipinski definition) is 0. The number of nitrogens with zero attached hydrogens (tertiary/aromatic N) is 2. The molecule has 1 heterocycles. The maximum atomic E-state index is 5.50. The molecule has 2 heteroatoms. The normalized spacial score (nSPS) is 15.0. The van der Waals surface area contributed by atoms with Crippen molar-refractivity contribution in [2.75, 3.05) is 5.01 Å². The van der Waals surface area contributed by atoms with Gasteiger partial charge in [0.1, 0.15) is 5.54 Å². The summed E-state index contributed by atoms with van der Waals surface area (Å²) in [5.74, 6) is 0. The Morgan fingerprint density at radius 1 is 0.377 bits per heavy atom. The molecular formula is C67H98N2. The fourth-order valence-electron chi connectivity index (χ4n) is 10.4. The topological polar surface area (TPSA) is 15.6 Å². The zero-order valence-corrected chi connectivity index (χ0v) is 44.6. The molecule has 0 aliphatic carbocycles. The van der Waals surface area contributed by atoms with Crippen molar-refractivity contribution in [2.45, 2.75) is 245 Å². The summed E-state index contributed by atoms with van der Waals surface area (Å²) >= 11 is 0. The lowest BCUT2D eigenvalue weighted by atomic mass is 9.83. The SMILES string of the molecule is CCCCCCCCCCCCc1ccc(C=CC2(c3ccc(CCCCCCCCCCCC)cc3)CC(C=Cc3ccccc3)=NN2c2ccc(CCCCCCCCCCCC)cc2)cc1. The van der Waals surface area contributed by atoms with Crippen molar-refractivity contribution in [2.24, 2.45) is 5.10 Å². The average molecular weight is 932 g/mol. The number of hydrogen-bond acceptors (Lipinski definition) is 2. The summed E-state index contributed by atoms with van der Waals surface area (Å²) in [7, 11) is 0. The molecule has 0 fully saturated rings. The van der Waals surface area contributed by atoms with Gasteiger partial charge < -0.3 is 0 Å². The Hall–Kier alpha value is -4.17. The van der Waals surface area contributed by atoms with E-state index in [-0.39, 0.29) is 0 Å². The van der Waals surface area contributed by atoms with Crippen LogP contribution in [0.15, 0.2) is 120 Å². The largest absolute Gasteiger partial charge is 0.250 e. The maximum absolute atomic E-state index is 5.50. The number of hydrazone groups is 1. The third kappa shape index (κ3) is 21.8. The van der Waals surface area contributed by atoms with Crippen molar-refractivity contribution in [3.8, 4) is 0 Å². The standard InChI is InChI=1S/C67H98N2/c1-4-7-10-13-16-19-22-25-28-32-39-60-42-44-63(45-43-60)56-57-67(64-51-46-61(47-52-64)40-33-29-26-23-20-17-14-11-8-5-2)58-65(53-48-59-37-35-31-36-38-59)68-69(67)66-54-49-62(50-55-66)41-34-30-27-24-21-18-15-12-9-6-3/h31,35-38,42-57H,4-30,32-34,39-41,58H2,1-3H3. The van der Waals surface area contributed by atoms with E-state index >= 15 is 0 Å². The van der Waals surface area contributed by atoms with Crippen molar-refractivity contribution in [1.82, 2.24) is 0 Å². The van der Waals surface area contributed by atoms with Crippen molar-refractivity contribution < 1.29 is 0 Å². The average Bonchev–Trinajstić information content (AvgIpc) is 3.77. The number of allylic oxidation sites excluding steroid dienone is 1. The monoisotopic (exact) mass is 931 g/mol. The van der Waals surface area contributed by atoms with E-state index in [0.29, 0.717) is 0 Å². The highest BCUT2D eigenvalue weighted by Crippen LogP contribution is 2.43. The van der Waals surface area contributed by atoms with Crippen molar-refractivity contribution in [1.29, 1.82) is 0 Å². The van der Waals surface area contributed by atoms with Crippen LogP contribution in [0.5, 0.6) is 0 Å². The van der Waals surface area contributed by atoms with E-state index in [1.807, 2.05) is 0 Å². The molecule has 2 nitrogen and oxygen atoms in total. The van der Waals surface area contributed by atoms with E-state index in [9.17, 15) is 0 Å². The molecule has 4 aromatic carbocycles. The lowest BCUT2D eigenvalue weighted by Crippen LogP contribution is -2.38. The molecule has 0 saturated heterocycles. The van der Waals surface area contributed by atoms with Crippen LogP contribution in [0.1, 0.15) is 253 Å². The Balaban J connectivity index is 1.29. The fourth-order valence-corrected chi connectivity index (χ4v) is 10.4. The molecule has 0 amide bonds. The van der Waals surface area contributed by atoms with Crippen LogP contribution >= 0.6 is 0 Å². The van der Waals surface area contributed by atoms with E-state index in [1.165, 1.54) is 232 Å². The molecule has 1 aliphatic heterocycles. The van der Waals surface area contributed by atoms with Crippen molar-refractivity contribution in [3.63, 3.8) is 0 Å². The summed E-state index contributed by atoms with van der Waals surface area (Å²) in [5.41, 5.74) is 9.85. The van der Waals surface area contributed by atoms with Gasteiger partial charge in [0.05, 0.1) is 11.4 Å². The smallest absolute Gasteiger partial charge is 0.112 e. The number of rotatable bonds is 39. The van der Waals surface area contributed by atoms with E-state index < -0.39 is 5.54 Å². The van der Waals surface area contributed by atoms with Gasteiger partial charge in [0.25, 0.3) is 0 Å². The molecule has 0 aromatic heterocycles. The molecule has 0 bridgehead atoms. The number of unbranched alkanes of at least 4 members (excludes halogenated alkanes) is 27. The predicted octanol–water partition coefficient (Wildman–Crippen LogP) is 21.0. The summed E-state index contributed by atoms with van der Waals surface area (Å²) in [6.45, 7) is 6.91. The second-order valence-corrected chi connectivity index (χ2v) is 21.0. The zero-order chi connectivity index (χ0) is 48.3. The minimum Gasteiger partial charge on any atom is -0.250 e. The second-order valence-electron chi connectivity index (χ2n) is 21.0. The minimum atomic E-state index is -0.473. The van der Waals surface area contributed by atoms with Crippen molar-refractivity contribution >= 4 is 23.6 Å². The molecule has 4 aromatic rings. The van der Waals surface area contributed by atoms with Crippen LogP contribution in [0.2, 0.25) is 0 Å². The van der Waals surface area contributed by atoms with Gasteiger partial charge in [-0.05, 0) is 90.1 Å². The molecule has 1 aliphatic rings. The maximum Gasteiger partial charge on any atom is 0.112 e. The Morgan fingerprint density at radius 2 is 0.739 bits per heavy atom. The number of aryl methyl sites for hydroxylation is 3. The minimum absolute atomic E-state index is 0.473. The summed E-state index contributed by atoms with van der Waals surface area (Å²) in [4.78, 5) is 0. The van der Waals surface area contributed by atoms with Gasteiger partial charge in [-0.3, -0.25) is 5.01 Å². The van der Waals surface area contributed by atoms with E-state index in [2.05, 4.69) is 153 Å². The molecular weight excluding hydrogens is 833 g/mol. The van der Waals surface area contributed by atoms with Crippen LogP contribution < -0.4 is 5.01 Å². The molecule has 69 heavy (non-hydrogen) atoms. The van der Waals surface area contributed by atoms with Crippen LogP contribution in [0, 0.1) is 0 Å². The summed E-state index contributed by atoms with van der Waals surface area (Å²) in [5, 5.41) is 7.85. The first-order valence-electron chi connectivity index (χ1n) is 29.2. The lowest BCUT2D eigenvalue weighted by Gasteiger charge is -2.36. The van der Waals surface area contributed by atoms with Crippen LogP contribution in [-0.4, -0.2) is 5.71 Å². The van der Waals surface area contributed by atoms with Gasteiger partial charge in [-0.25, -0.2) is 0 Å². The quantitative estimate of drug-likeness (QED) is 0.0407. The van der Waals surface area contributed by atoms with Gasteiger partial charge in [-0.15, -0.1) is 0 Å². The molecule has 0 radical (unpaired) electrons. The molecule has 5 rings (SSSR count). The Bertz CT molecular complexity index is 1950. The molecule has 1 atom stereocenters. The summed E-state index contributed by atoms with van der Waals surface area (Å²) < 4.78 is 0. The van der Waals surface area contributed by atoms with Crippen LogP contribution in [-0.2, 0) is 24.8 Å². The fraction of sp³-hybridized carbons (Fsp3) is 0.567. The Morgan fingerprint density at radius 3 is 1.16 bits per heavy atom. The van der Waals surface area contributed by atoms with E-state index in [0.717, 1.165) is 30.7 Å². The highest BCUT2D eigenvalue weighted by Gasteiger charge is 2.42. The van der Waals surface area contributed by atoms with Gasteiger partial charge in [0.2, 0.25) is 0 Å². The number of anilines is 1. The van der Waals surface area contributed by atoms with Gasteiger partial charge >= 0.3 is 0 Å². The van der Waals surface area contributed by atoms with Gasteiger partial charge in [0.15, 0.2) is 0 Å². The van der Waals surface area contributed by atoms with Gasteiger partial charge in [-0.1, -0.05) is 303 Å². The van der Waals surface area contributed by atoms with Crippen molar-refractivity contribution in [3.05, 3.63) is 149 Å². The third-order valence-electron chi connectivity index (χ3n) is 14.9. The summed E-state index contributed by atoms with van der Waals surface area (Å²) in [6.07, 6.45) is 54.8. The predicted molar refractivity (Wildman–Crippen MR) is 307 cm³/mol. The van der Waals surface area contributed by atoms with Crippen LogP contribution in [0.4, 0.5) is 5.69 Å². The first-order chi connectivity index (χ1) is 34.1. The van der Waals surface area contributed by atoms with Gasteiger partial charge in [0, 0.05) is 6.42 Å². The summed E-state index contributed by atoms with van der Waals surface area (Å²) in [6, 6.07) is 39.2. The number of benzene rings is 4. The highest BCUT2D eigenvalue weighted by molar-refractivity contribution is 6.02. The molecule has 0 saturated carbocycles. The van der Waals surface area contributed by atoms with E-state index in [4.69, 9.17) is 5.10 Å². The molecule has 1 unspecified atom stereocenters. The van der Waals surface area contributed by atoms with Crippen LogP contribution in [0.25, 0.3) is 12.2 Å². The first-order valence-corrected chi connectivity index (χ1v) is 29.2. The van der Waals surface area contributed by atoms with Gasteiger partial charge in [-0.2, -0.15) is 5.10 Å². The Kier molecular flexibility index (Phi) is 28.3. The highest BCUT2D eigenvalue weighted by atomic mass is 15.5. The third-order valence-corrected chi connectivity index (χ3v) is 14.9. The Labute approximate surface area is 425 Å². The van der Waals surface area contributed by atoms with Crippen LogP contribution in [0.3, 0.4) is 0 Å². The van der Waals surface area contributed by atoms with E-state index in [1.54, 1.807) is 0 Å². The first kappa shape index (κ1) is 55.8.